The Hall–Kier alpha value is -0.620. The Labute approximate surface area is 141 Å². The van der Waals surface area contributed by atoms with Crippen molar-refractivity contribution < 1.29 is 13.2 Å². The van der Waals surface area contributed by atoms with Gasteiger partial charge in [0, 0.05) is 25.0 Å². The minimum atomic E-state index is -3.12. The number of carbonyl (C=O) groups is 1. The van der Waals surface area contributed by atoms with Crippen LogP contribution in [-0.4, -0.2) is 43.5 Å². The maximum Gasteiger partial charge on any atom is 0.223 e. The highest BCUT2D eigenvalue weighted by atomic mass is 32.2. The summed E-state index contributed by atoms with van der Waals surface area (Å²) in [4.78, 5) is 12.5. The third-order valence-electron chi connectivity index (χ3n) is 5.71. The Balaban J connectivity index is 1.84. The molecule has 1 N–H and O–H groups in total. The van der Waals surface area contributed by atoms with Gasteiger partial charge in [0.15, 0.2) is 0 Å². The van der Waals surface area contributed by atoms with Gasteiger partial charge < -0.3 is 5.32 Å². The van der Waals surface area contributed by atoms with Gasteiger partial charge in [-0.25, -0.2) is 12.7 Å². The fourth-order valence-corrected chi connectivity index (χ4v) is 5.41. The SMILES string of the molecule is CCCS(=O)(=O)N1CCC(C(=O)N[C@@H]2CCC[C@@H](C)[C@H]2C)CC1. The molecule has 1 heterocycles. The van der Waals surface area contributed by atoms with Crippen LogP contribution < -0.4 is 5.32 Å². The number of rotatable bonds is 5. The van der Waals surface area contributed by atoms with Crippen molar-refractivity contribution in [1.29, 1.82) is 0 Å². The van der Waals surface area contributed by atoms with Crippen LogP contribution in [-0.2, 0) is 14.8 Å². The van der Waals surface area contributed by atoms with Gasteiger partial charge in [-0.05, 0) is 37.5 Å². The van der Waals surface area contributed by atoms with E-state index in [2.05, 4.69) is 19.2 Å². The van der Waals surface area contributed by atoms with Gasteiger partial charge in [0.2, 0.25) is 15.9 Å². The highest BCUT2D eigenvalue weighted by molar-refractivity contribution is 7.89. The van der Waals surface area contributed by atoms with Gasteiger partial charge in [0.05, 0.1) is 5.75 Å². The first-order valence-corrected chi connectivity index (χ1v) is 10.7. The van der Waals surface area contributed by atoms with Crippen molar-refractivity contribution in [2.75, 3.05) is 18.8 Å². The van der Waals surface area contributed by atoms with E-state index in [9.17, 15) is 13.2 Å². The van der Waals surface area contributed by atoms with Gasteiger partial charge in [0.1, 0.15) is 0 Å². The van der Waals surface area contributed by atoms with Crippen LogP contribution in [0, 0.1) is 17.8 Å². The van der Waals surface area contributed by atoms with Crippen molar-refractivity contribution in [2.45, 2.75) is 65.3 Å². The first kappa shape index (κ1) is 18.7. The number of nitrogens with one attached hydrogen (secondary N) is 1. The molecule has 0 radical (unpaired) electrons. The van der Waals surface area contributed by atoms with E-state index < -0.39 is 10.0 Å². The van der Waals surface area contributed by atoms with E-state index in [0.717, 1.165) is 6.42 Å². The summed E-state index contributed by atoms with van der Waals surface area (Å²) in [6, 6.07) is 0.285. The first-order chi connectivity index (χ1) is 10.8. The summed E-state index contributed by atoms with van der Waals surface area (Å²) in [6.07, 6.45) is 5.43. The summed E-state index contributed by atoms with van der Waals surface area (Å²) in [5.74, 6) is 1.49. The molecule has 0 bridgehead atoms. The minimum absolute atomic E-state index is 0.0347. The van der Waals surface area contributed by atoms with E-state index in [-0.39, 0.29) is 23.6 Å². The maximum absolute atomic E-state index is 12.5. The van der Waals surface area contributed by atoms with Crippen LogP contribution in [0.15, 0.2) is 0 Å². The van der Waals surface area contributed by atoms with E-state index >= 15 is 0 Å². The number of sulfonamides is 1. The number of carbonyl (C=O) groups excluding carboxylic acids is 1. The van der Waals surface area contributed by atoms with Gasteiger partial charge in [-0.15, -0.1) is 0 Å². The summed E-state index contributed by atoms with van der Waals surface area (Å²) in [5, 5.41) is 3.24. The molecule has 0 spiro atoms. The molecule has 2 aliphatic rings. The molecule has 1 aliphatic carbocycles. The van der Waals surface area contributed by atoms with E-state index in [1.54, 1.807) is 4.31 Å². The van der Waals surface area contributed by atoms with Gasteiger partial charge in [-0.1, -0.05) is 33.6 Å². The maximum atomic E-state index is 12.5. The minimum Gasteiger partial charge on any atom is -0.353 e. The molecule has 134 valence electrons. The Morgan fingerprint density at radius 2 is 1.78 bits per heavy atom. The van der Waals surface area contributed by atoms with Crippen molar-refractivity contribution >= 4 is 15.9 Å². The van der Waals surface area contributed by atoms with Gasteiger partial charge >= 0.3 is 0 Å². The van der Waals surface area contributed by atoms with Crippen molar-refractivity contribution in [3.8, 4) is 0 Å². The Morgan fingerprint density at radius 3 is 2.39 bits per heavy atom. The number of hydrogen-bond donors (Lipinski definition) is 1. The topological polar surface area (TPSA) is 66.5 Å². The second-order valence-electron chi connectivity index (χ2n) is 7.37. The summed E-state index contributed by atoms with van der Waals surface area (Å²) in [5.41, 5.74) is 0. The highest BCUT2D eigenvalue weighted by Gasteiger charge is 2.33. The quantitative estimate of drug-likeness (QED) is 0.833. The van der Waals surface area contributed by atoms with E-state index in [1.807, 2.05) is 6.92 Å². The van der Waals surface area contributed by atoms with Crippen molar-refractivity contribution in [2.24, 2.45) is 17.8 Å². The monoisotopic (exact) mass is 344 g/mol. The lowest BCUT2D eigenvalue weighted by atomic mass is 9.78. The van der Waals surface area contributed by atoms with Crippen molar-refractivity contribution in [3.63, 3.8) is 0 Å². The van der Waals surface area contributed by atoms with Gasteiger partial charge in [0.25, 0.3) is 0 Å². The van der Waals surface area contributed by atoms with E-state index in [4.69, 9.17) is 0 Å². The summed E-state index contributed by atoms with van der Waals surface area (Å²) in [6.45, 7) is 7.34. The lowest BCUT2D eigenvalue weighted by Crippen LogP contribution is -2.48. The molecule has 3 atom stereocenters. The second-order valence-corrected chi connectivity index (χ2v) is 9.46. The average molecular weight is 345 g/mol. The molecule has 23 heavy (non-hydrogen) atoms. The molecule has 0 aromatic carbocycles. The zero-order valence-electron chi connectivity index (χ0n) is 14.8. The van der Waals surface area contributed by atoms with Crippen LogP contribution in [0.2, 0.25) is 0 Å². The van der Waals surface area contributed by atoms with Crippen LogP contribution in [0.25, 0.3) is 0 Å². The highest BCUT2D eigenvalue weighted by Crippen LogP contribution is 2.30. The molecule has 1 aliphatic heterocycles. The van der Waals surface area contributed by atoms with Gasteiger partial charge in [-0.2, -0.15) is 0 Å². The molecule has 5 nitrogen and oxygen atoms in total. The van der Waals surface area contributed by atoms with Crippen LogP contribution in [0.5, 0.6) is 0 Å². The molecule has 0 aromatic heterocycles. The lowest BCUT2D eigenvalue weighted by Gasteiger charge is -2.36. The molecule has 6 heteroatoms. The molecule has 0 aromatic rings. The zero-order valence-corrected chi connectivity index (χ0v) is 15.6. The molecule has 1 saturated carbocycles. The summed E-state index contributed by atoms with van der Waals surface area (Å²) in [7, 11) is -3.12. The number of amides is 1. The molecule has 0 unspecified atom stereocenters. The van der Waals surface area contributed by atoms with Crippen molar-refractivity contribution in [1.82, 2.24) is 9.62 Å². The smallest absolute Gasteiger partial charge is 0.223 e. The van der Waals surface area contributed by atoms with Crippen LogP contribution in [0.4, 0.5) is 0 Å². The van der Waals surface area contributed by atoms with Crippen molar-refractivity contribution in [3.05, 3.63) is 0 Å². The number of nitrogens with zero attached hydrogens (tertiary/aromatic N) is 1. The van der Waals surface area contributed by atoms with Gasteiger partial charge in [-0.3, -0.25) is 4.79 Å². The summed E-state index contributed by atoms with van der Waals surface area (Å²) >= 11 is 0. The standard InChI is InChI=1S/C17H32N2O3S/c1-4-12-23(21,22)19-10-8-15(9-11-19)17(20)18-16-7-5-6-13(2)14(16)3/h13-16H,4-12H2,1-3H3,(H,18,20)/t13-,14-,16-/m1/s1. The predicted octanol–water partition coefficient (Wildman–Crippen LogP) is 2.38. The third kappa shape index (κ3) is 4.69. The number of piperidine rings is 1. The zero-order chi connectivity index (χ0) is 17.0. The number of hydrogen-bond acceptors (Lipinski definition) is 3. The second kappa shape index (κ2) is 7.97. The Morgan fingerprint density at radius 1 is 1.13 bits per heavy atom. The van der Waals surface area contributed by atoms with Crippen LogP contribution >= 0.6 is 0 Å². The van der Waals surface area contributed by atoms with E-state index in [1.165, 1.54) is 12.8 Å². The largest absolute Gasteiger partial charge is 0.353 e. The average Bonchev–Trinajstić information content (AvgIpc) is 2.52. The third-order valence-corrected chi connectivity index (χ3v) is 7.79. The normalized spacial score (nSPS) is 31.0. The Bertz CT molecular complexity index is 498. The molecular formula is C17H32N2O3S. The van der Waals surface area contributed by atoms with Crippen LogP contribution in [0.1, 0.15) is 59.3 Å². The fraction of sp³-hybridized carbons (Fsp3) is 0.941. The molecule has 2 fully saturated rings. The molecule has 2 rings (SSSR count). The Kier molecular flexibility index (Phi) is 6.48. The molecular weight excluding hydrogens is 312 g/mol. The molecule has 1 amide bonds. The van der Waals surface area contributed by atoms with Crippen LogP contribution in [0.3, 0.4) is 0 Å². The van der Waals surface area contributed by atoms with E-state index in [0.29, 0.717) is 44.2 Å². The molecule has 1 saturated heterocycles. The first-order valence-electron chi connectivity index (χ1n) is 9.13. The summed E-state index contributed by atoms with van der Waals surface area (Å²) < 4.78 is 25.7. The fourth-order valence-electron chi connectivity index (χ4n) is 3.87. The predicted molar refractivity (Wildman–Crippen MR) is 92.5 cm³/mol. The lowest BCUT2D eigenvalue weighted by molar-refractivity contribution is -0.127.